The van der Waals surface area contributed by atoms with Crippen LogP contribution in [0.4, 0.5) is 4.39 Å². The van der Waals surface area contributed by atoms with Crippen LogP contribution in [0.3, 0.4) is 0 Å². The van der Waals surface area contributed by atoms with Gasteiger partial charge in [-0.2, -0.15) is 5.26 Å². The Kier molecular flexibility index (Phi) is 4.30. The number of nitriles is 1. The van der Waals surface area contributed by atoms with Crippen LogP contribution >= 0.6 is 0 Å². The van der Waals surface area contributed by atoms with E-state index in [-0.39, 0.29) is 11.1 Å². The lowest BCUT2D eigenvalue weighted by atomic mass is 9.97. The van der Waals surface area contributed by atoms with Crippen LogP contribution in [0.2, 0.25) is 0 Å². The minimum Gasteiger partial charge on any atom is -0.481 e. The molecule has 0 aliphatic carbocycles. The first-order valence-corrected chi connectivity index (χ1v) is 8.33. The predicted molar refractivity (Wildman–Crippen MR) is 102 cm³/mol. The molecule has 3 heterocycles. The Morgan fingerprint density at radius 1 is 1.11 bits per heavy atom. The molecule has 1 aromatic carbocycles. The van der Waals surface area contributed by atoms with Crippen molar-refractivity contribution in [1.29, 1.82) is 5.26 Å². The molecule has 136 valence electrons. The van der Waals surface area contributed by atoms with Crippen LogP contribution < -0.4 is 10.3 Å². The van der Waals surface area contributed by atoms with Crippen LogP contribution in [0.25, 0.3) is 33.4 Å². The van der Waals surface area contributed by atoms with E-state index in [1.54, 1.807) is 30.5 Å². The molecule has 0 aliphatic rings. The maximum atomic E-state index is 13.8. The number of fused-ring (bicyclic) bond motifs is 1. The first kappa shape index (κ1) is 17.4. The molecule has 0 bridgehead atoms. The average Bonchev–Trinajstić information content (AvgIpc) is 2.73. The molecule has 1 N–H and O–H groups in total. The molecule has 7 heteroatoms. The van der Waals surface area contributed by atoms with Gasteiger partial charge in [-0.1, -0.05) is 0 Å². The number of nitrogens with zero attached hydrogens (tertiary/aromatic N) is 3. The standard InChI is InChI=1S/C21H13FN4O2/c1-28-19-10-12(6-7-24-19)16-9-14-3-5-18(27)25-21(14)26-20(16)13-2-4-17(22)15(8-13)11-23/h2-10H,1H3,(H,25,26,27). The zero-order chi connectivity index (χ0) is 19.7. The summed E-state index contributed by atoms with van der Waals surface area (Å²) in [6.45, 7) is 0. The van der Waals surface area contributed by atoms with Crippen molar-refractivity contribution < 1.29 is 9.13 Å². The van der Waals surface area contributed by atoms with E-state index in [9.17, 15) is 9.18 Å². The summed E-state index contributed by atoms with van der Waals surface area (Å²) < 4.78 is 19.0. The molecule has 0 radical (unpaired) electrons. The first-order valence-electron chi connectivity index (χ1n) is 8.33. The van der Waals surface area contributed by atoms with Gasteiger partial charge < -0.3 is 9.72 Å². The van der Waals surface area contributed by atoms with Gasteiger partial charge in [-0.25, -0.2) is 14.4 Å². The van der Waals surface area contributed by atoms with E-state index in [1.807, 2.05) is 12.1 Å². The van der Waals surface area contributed by atoms with Gasteiger partial charge in [0.25, 0.3) is 0 Å². The second-order valence-electron chi connectivity index (χ2n) is 6.04. The Balaban J connectivity index is 2.04. The number of aromatic amines is 1. The number of H-pyrrole nitrogens is 1. The fourth-order valence-electron chi connectivity index (χ4n) is 2.97. The van der Waals surface area contributed by atoms with E-state index in [0.29, 0.717) is 22.8 Å². The second kappa shape index (κ2) is 6.93. The summed E-state index contributed by atoms with van der Waals surface area (Å²) in [6, 6.07) is 14.6. The second-order valence-corrected chi connectivity index (χ2v) is 6.04. The molecular weight excluding hydrogens is 359 g/mol. The van der Waals surface area contributed by atoms with Gasteiger partial charge in [-0.15, -0.1) is 0 Å². The number of benzene rings is 1. The number of halogens is 1. The van der Waals surface area contributed by atoms with Gasteiger partial charge in [0.2, 0.25) is 11.4 Å². The molecule has 0 spiro atoms. The minimum atomic E-state index is -0.604. The third kappa shape index (κ3) is 3.08. The van der Waals surface area contributed by atoms with Crippen molar-refractivity contribution in [1.82, 2.24) is 15.0 Å². The van der Waals surface area contributed by atoms with Crippen molar-refractivity contribution in [2.24, 2.45) is 0 Å². The molecule has 3 aromatic heterocycles. The van der Waals surface area contributed by atoms with Crippen molar-refractivity contribution in [3.05, 3.63) is 76.5 Å². The van der Waals surface area contributed by atoms with Crippen molar-refractivity contribution in [2.45, 2.75) is 0 Å². The number of pyridine rings is 3. The smallest absolute Gasteiger partial charge is 0.249 e. The van der Waals surface area contributed by atoms with Gasteiger partial charge in [0.15, 0.2) is 0 Å². The summed E-state index contributed by atoms with van der Waals surface area (Å²) in [5.41, 5.74) is 2.60. The number of hydrogen-bond donors (Lipinski definition) is 1. The van der Waals surface area contributed by atoms with E-state index in [2.05, 4.69) is 15.0 Å². The molecule has 0 unspecified atom stereocenters. The molecular formula is C21H13FN4O2. The lowest BCUT2D eigenvalue weighted by Gasteiger charge is -2.12. The monoisotopic (exact) mass is 372 g/mol. The molecule has 0 atom stereocenters. The van der Waals surface area contributed by atoms with Crippen molar-refractivity contribution in [3.8, 4) is 34.3 Å². The summed E-state index contributed by atoms with van der Waals surface area (Å²) in [5, 5.41) is 9.90. The molecule has 0 aliphatic heterocycles. The van der Waals surface area contributed by atoms with Crippen LogP contribution in [-0.2, 0) is 0 Å². The summed E-state index contributed by atoms with van der Waals surface area (Å²) >= 11 is 0. The Morgan fingerprint density at radius 2 is 1.96 bits per heavy atom. The summed E-state index contributed by atoms with van der Waals surface area (Å²) in [7, 11) is 1.52. The summed E-state index contributed by atoms with van der Waals surface area (Å²) in [5.74, 6) is -0.172. The van der Waals surface area contributed by atoms with E-state index in [4.69, 9.17) is 10.00 Å². The van der Waals surface area contributed by atoms with Gasteiger partial charge in [0.05, 0.1) is 18.4 Å². The maximum absolute atomic E-state index is 13.8. The third-order valence-corrected chi connectivity index (χ3v) is 4.32. The zero-order valence-corrected chi connectivity index (χ0v) is 14.7. The molecule has 0 saturated carbocycles. The minimum absolute atomic E-state index is 0.0841. The van der Waals surface area contributed by atoms with Crippen LogP contribution in [0, 0.1) is 17.1 Å². The normalized spacial score (nSPS) is 10.6. The van der Waals surface area contributed by atoms with E-state index in [0.717, 1.165) is 16.5 Å². The Labute approximate surface area is 158 Å². The number of nitrogens with one attached hydrogen (secondary N) is 1. The summed E-state index contributed by atoms with van der Waals surface area (Å²) in [6.07, 6.45) is 1.61. The quantitative estimate of drug-likeness (QED) is 0.592. The Morgan fingerprint density at radius 3 is 2.75 bits per heavy atom. The van der Waals surface area contributed by atoms with Gasteiger partial charge in [0, 0.05) is 34.8 Å². The van der Waals surface area contributed by atoms with Crippen molar-refractivity contribution in [3.63, 3.8) is 0 Å². The predicted octanol–water partition coefficient (Wildman–Crippen LogP) is 3.67. The van der Waals surface area contributed by atoms with Crippen LogP contribution in [-0.4, -0.2) is 22.1 Å². The molecule has 0 fully saturated rings. The lowest BCUT2D eigenvalue weighted by Crippen LogP contribution is -2.04. The van der Waals surface area contributed by atoms with Gasteiger partial charge >= 0.3 is 0 Å². The topological polar surface area (TPSA) is 91.7 Å². The lowest BCUT2D eigenvalue weighted by molar-refractivity contribution is 0.398. The molecule has 28 heavy (non-hydrogen) atoms. The molecule has 4 aromatic rings. The average molecular weight is 372 g/mol. The van der Waals surface area contributed by atoms with E-state index < -0.39 is 5.82 Å². The number of rotatable bonds is 3. The fraction of sp³-hybridized carbons (Fsp3) is 0.0476. The van der Waals surface area contributed by atoms with Gasteiger partial charge in [-0.3, -0.25) is 4.79 Å². The van der Waals surface area contributed by atoms with Gasteiger partial charge in [-0.05, 0) is 42.0 Å². The first-order chi connectivity index (χ1) is 13.6. The molecule has 4 rings (SSSR count). The van der Waals surface area contributed by atoms with Crippen LogP contribution in [0.15, 0.2) is 59.5 Å². The van der Waals surface area contributed by atoms with Crippen LogP contribution in [0.5, 0.6) is 5.88 Å². The van der Waals surface area contributed by atoms with E-state index >= 15 is 0 Å². The largest absolute Gasteiger partial charge is 0.481 e. The van der Waals surface area contributed by atoms with Gasteiger partial charge in [0.1, 0.15) is 17.5 Å². The number of aromatic nitrogens is 3. The molecule has 0 amide bonds. The van der Waals surface area contributed by atoms with Crippen molar-refractivity contribution >= 4 is 11.0 Å². The molecule has 0 saturated heterocycles. The van der Waals surface area contributed by atoms with Crippen LogP contribution in [0.1, 0.15) is 5.56 Å². The highest BCUT2D eigenvalue weighted by atomic mass is 19.1. The highest BCUT2D eigenvalue weighted by molar-refractivity contribution is 5.90. The Hall–Kier alpha value is -4.05. The highest BCUT2D eigenvalue weighted by Gasteiger charge is 2.15. The fourth-order valence-corrected chi connectivity index (χ4v) is 2.97. The highest BCUT2D eigenvalue weighted by Crippen LogP contribution is 2.34. The number of hydrogen-bond acceptors (Lipinski definition) is 5. The maximum Gasteiger partial charge on any atom is 0.249 e. The molecule has 6 nitrogen and oxygen atoms in total. The van der Waals surface area contributed by atoms with E-state index in [1.165, 1.54) is 25.3 Å². The Bertz CT molecular complexity index is 1310. The number of ether oxygens (including phenoxy) is 1. The summed E-state index contributed by atoms with van der Waals surface area (Å²) in [4.78, 5) is 23.1. The number of methoxy groups -OCH3 is 1. The SMILES string of the molecule is COc1cc(-c2cc3ccc(=O)[nH]c3nc2-c2ccc(F)c(C#N)c2)ccn1. The third-order valence-electron chi connectivity index (χ3n) is 4.32. The zero-order valence-electron chi connectivity index (χ0n) is 14.7. The van der Waals surface area contributed by atoms with Crippen molar-refractivity contribution in [2.75, 3.05) is 7.11 Å².